The van der Waals surface area contributed by atoms with E-state index in [9.17, 15) is 23.3 Å². The van der Waals surface area contributed by atoms with Crippen molar-refractivity contribution in [2.45, 2.75) is 25.7 Å². The Hall–Kier alpha value is -2.20. The number of benzene rings is 1. The summed E-state index contributed by atoms with van der Waals surface area (Å²) in [7, 11) is -3.67. The summed E-state index contributed by atoms with van der Waals surface area (Å²) in [6, 6.07) is 5.60. The molecule has 1 aromatic rings. The average molecular weight is 344 g/mol. The molecule has 1 saturated heterocycles. The van der Waals surface area contributed by atoms with Crippen molar-refractivity contribution in [2.75, 3.05) is 12.8 Å². The number of amides is 1. The van der Waals surface area contributed by atoms with Crippen LogP contribution < -0.4 is 0 Å². The second-order valence-corrected chi connectivity index (χ2v) is 6.67. The van der Waals surface area contributed by atoms with Crippen molar-refractivity contribution in [1.82, 2.24) is 4.90 Å². The first-order valence-electron chi connectivity index (χ1n) is 6.81. The SMILES string of the molecule is CS(=O)(=O)OC1CCCN1C(=O)OCc1ccc([N+](=O)[O-])cc1. The molecule has 1 heterocycles. The van der Waals surface area contributed by atoms with Crippen LogP contribution >= 0.6 is 0 Å². The number of likely N-dealkylation sites (tertiary alicyclic amines) is 1. The molecule has 1 atom stereocenters. The number of non-ortho nitro benzene ring substituents is 1. The molecule has 9 nitrogen and oxygen atoms in total. The van der Waals surface area contributed by atoms with Gasteiger partial charge in [0.2, 0.25) is 0 Å². The minimum absolute atomic E-state index is 0.0544. The fourth-order valence-corrected chi connectivity index (χ4v) is 2.79. The van der Waals surface area contributed by atoms with Gasteiger partial charge in [-0.3, -0.25) is 15.0 Å². The Kier molecular flexibility index (Phi) is 5.16. The molecule has 0 aliphatic carbocycles. The van der Waals surface area contributed by atoms with Gasteiger partial charge in [0.1, 0.15) is 6.61 Å². The summed E-state index contributed by atoms with van der Waals surface area (Å²) in [5.41, 5.74) is 0.532. The van der Waals surface area contributed by atoms with Crippen molar-refractivity contribution in [3.63, 3.8) is 0 Å². The molecule has 1 unspecified atom stereocenters. The molecule has 1 amide bonds. The van der Waals surface area contributed by atoms with Crippen LogP contribution in [0.1, 0.15) is 18.4 Å². The third kappa shape index (κ3) is 4.89. The Balaban J connectivity index is 1.92. The summed E-state index contributed by atoms with van der Waals surface area (Å²) in [5.74, 6) is 0. The van der Waals surface area contributed by atoms with E-state index in [-0.39, 0.29) is 12.3 Å². The molecule has 1 aromatic carbocycles. The third-order valence-electron chi connectivity index (χ3n) is 3.23. The lowest BCUT2D eigenvalue weighted by Gasteiger charge is -2.22. The summed E-state index contributed by atoms with van der Waals surface area (Å²) in [4.78, 5) is 23.3. The molecule has 0 aromatic heterocycles. The van der Waals surface area contributed by atoms with E-state index in [0.717, 1.165) is 6.26 Å². The molecule has 2 rings (SSSR count). The molecule has 0 bridgehead atoms. The maximum absolute atomic E-state index is 12.0. The van der Waals surface area contributed by atoms with E-state index in [2.05, 4.69) is 0 Å². The van der Waals surface area contributed by atoms with E-state index in [1.165, 1.54) is 29.2 Å². The molecule has 0 N–H and O–H groups in total. The van der Waals surface area contributed by atoms with Crippen molar-refractivity contribution < 1.29 is 27.1 Å². The van der Waals surface area contributed by atoms with Crippen molar-refractivity contribution in [2.24, 2.45) is 0 Å². The normalized spacial score (nSPS) is 18.0. The standard InChI is InChI=1S/C13H16N2O7S/c1-23(19,20)22-12-3-2-8-14(12)13(16)21-9-10-4-6-11(7-5-10)15(17)18/h4-7,12H,2-3,8-9H2,1H3. The van der Waals surface area contributed by atoms with Crippen LogP contribution in [-0.2, 0) is 25.6 Å². The predicted molar refractivity (Wildman–Crippen MR) is 78.9 cm³/mol. The Labute approximate surface area is 133 Å². The van der Waals surface area contributed by atoms with Crippen molar-refractivity contribution in [1.29, 1.82) is 0 Å². The van der Waals surface area contributed by atoms with Crippen LogP contribution in [0.3, 0.4) is 0 Å². The molecule has 1 fully saturated rings. The molecule has 10 heteroatoms. The average Bonchev–Trinajstić information content (AvgIpc) is 2.91. The molecule has 1 aliphatic rings. The number of ether oxygens (including phenoxy) is 1. The Bertz CT molecular complexity index is 687. The van der Waals surface area contributed by atoms with Crippen molar-refractivity contribution >= 4 is 21.9 Å². The zero-order valence-electron chi connectivity index (χ0n) is 12.4. The van der Waals surface area contributed by atoms with Crippen LogP contribution in [0, 0.1) is 10.1 Å². The van der Waals surface area contributed by atoms with Gasteiger partial charge in [-0.05, 0) is 30.5 Å². The number of carbonyl (C=O) groups is 1. The van der Waals surface area contributed by atoms with E-state index in [1.807, 2.05) is 0 Å². The summed E-state index contributed by atoms with van der Waals surface area (Å²) in [5, 5.41) is 10.6. The quantitative estimate of drug-likeness (QED) is 0.453. The first kappa shape index (κ1) is 17.2. The van der Waals surface area contributed by atoms with E-state index in [0.29, 0.717) is 24.9 Å². The van der Waals surface area contributed by atoms with Gasteiger partial charge in [0.25, 0.3) is 15.8 Å². The van der Waals surface area contributed by atoms with E-state index < -0.39 is 27.4 Å². The second-order valence-electron chi connectivity index (χ2n) is 5.07. The van der Waals surface area contributed by atoms with Gasteiger partial charge in [-0.2, -0.15) is 8.42 Å². The molecular formula is C13H16N2O7S. The highest BCUT2D eigenvalue weighted by Gasteiger charge is 2.33. The zero-order chi connectivity index (χ0) is 17.0. The topological polar surface area (TPSA) is 116 Å². The maximum atomic E-state index is 12.0. The maximum Gasteiger partial charge on any atom is 0.412 e. The van der Waals surface area contributed by atoms with E-state index >= 15 is 0 Å². The van der Waals surface area contributed by atoms with Crippen molar-refractivity contribution in [3.05, 3.63) is 39.9 Å². The Morgan fingerprint density at radius 2 is 2.04 bits per heavy atom. The Morgan fingerprint density at radius 3 is 2.61 bits per heavy atom. The Morgan fingerprint density at radius 1 is 1.39 bits per heavy atom. The van der Waals surface area contributed by atoms with Crippen LogP contribution in [0.2, 0.25) is 0 Å². The second kappa shape index (κ2) is 6.92. The number of nitro benzene ring substituents is 1. The molecule has 0 saturated carbocycles. The van der Waals surface area contributed by atoms with Crippen LogP contribution in [0.25, 0.3) is 0 Å². The molecule has 23 heavy (non-hydrogen) atoms. The van der Waals surface area contributed by atoms with E-state index in [1.54, 1.807) is 0 Å². The monoisotopic (exact) mass is 344 g/mol. The van der Waals surface area contributed by atoms with Gasteiger partial charge < -0.3 is 4.74 Å². The van der Waals surface area contributed by atoms with E-state index in [4.69, 9.17) is 8.92 Å². The largest absolute Gasteiger partial charge is 0.444 e. The molecule has 126 valence electrons. The summed E-state index contributed by atoms with van der Waals surface area (Å²) < 4.78 is 32.3. The number of hydrogen-bond acceptors (Lipinski definition) is 7. The van der Waals surface area contributed by atoms with Gasteiger partial charge in [-0.1, -0.05) is 0 Å². The third-order valence-corrected chi connectivity index (χ3v) is 3.80. The minimum atomic E-state index is -3.67. The molecular weight excluding hydrogens is 328 g/mol. The summed E-state index contributed by atoms with van der Waals surface area (Å²) in [6.07, 6.45) is 0.418. The van der Waals surface area contributed by atoms with Gasteiger partial charge in [0.05, 0.1) is 11.2 Å². The van der Waals surface area contributed by atoms with Gasteiger partial charge in [0, 0.05) is 18.7 Å². The number of carbonyl (C=O) groups excluding carboxylic acids is 1. The fourth-order valence-electron chi connectivity index (χ4n) is 2.19. The highest BCUT2D eigenvalue weighted by Crippen LogP contribution is 2.21. The highest BCUT2D eigenvalue weighted by atomic mass is 32.2. The van der Waals surface area contributed by atoms with Crippen LogP contribution in [0.5, 0.6) is 0 Å². The highest BCUT2D eigenvalue weighted by molar-refractivity contribution is 7.86. The lowest BCUT2D eigenvalue weighted by molar-refractivity contribution is -0.384. The number of rotatable bonds is 5. The van der Waals surface area contributed by atoms with Gasteiger partial charge >= 0.3 is 6.09 Å². The lowest BCUT2D eigenvalue weighted by Crippen LogP contribution is -2.38. The smallest absolute Gasteiger partial charge is 0.412 e. The molecule has 0 radical (unpaired) electrons. The van der Waals surface area contributed by atoms with Crippen molar-refractivity contribution in [3.8, 4) is 0 Å². The molecule has 1 aliphatic heterocycles. The van der Waals surface area contributed by atoms with Crippen LogP contribution in [0.15, 0.2) is 24.3 Å². The minimum Gasteiger partial charge on any atom is -0.444 e. The number of nitrogens with zero attached hydrogens (tertiary/aromatic N) is 2. The summed E-state index contributed by atoms with van der Waals surface area (Å²) in [6.45, 7) is 0.276. The first-order valence-corrected chi connectivity index (χ1v) is 8.63. The number of hydrogen-bond donors (Lipinski definition) is 0. The number of nitro groups is 1. The van der Waals surface area contributed by atoms with Gasteiger partial charge in [-0.25, -0.2) is 8.98 Å². The first-order chi connectivity index (χ1) is 10.8. The van der Waals surface area contributed by atoms with Crippen LogP contribution in [0.4, 0.5) is 10.5 Å². The predicted octanol–water partition coefficient (Wildman–Crippen LogP) is 1.63. The van der Waals surface area contributed by atoms with Crippen LogP contribution in [-0.4, -0.2) is 43.4 Å². The summed E-state index contributed by atoms with van der Waals surface area (Å²) >= 11 is 0. The van der Waals surface area contributed by atoms with Gasteiger partial charge in [0.15, 0.2) is 6.23 Å². The van der Waals surface area contributed by atoms with Gasteiger partial charge in [-0.15, -0.1) is 0 Å². The lowest BCUT2D eigenvalue weighted by atomic mass is 10.2. The molecule has 0 spiro atoms. The zero-order valence-corrected chi connectivity index (χ0v) is 13.2. The fraction of sp³-hybridized carbons (Fsp3) is 0.462.